The topological polar surface area (TPSA) is 12.7 Å². The number of rotatable bonds is 10. The number of quaternary nitrogens is 3. The van der Waals surface area contributed by atoms with Crippen molar-refractivity contribution in [3.05, 3.63) is 70.2 Å². The minimum absolute atomic E-state index is 0.594. The third-order valence-electron chi connectivity index (χ3n) is 18.9. The molecule has 0 unspecified atom stereocenters. The number of imidazole rings is 1. The van der Waals surface area contributed by atoms with Crippen LogP contribution in [0.25, 0.3) is 0 Å². The molecule has 5 aliphatic heterocycles. The molecular weight excluding hydrogens is 861 g/mol. The molecule has 0 amide bonds. The fraction of sp³-hybridized carbons (Fsp3) is 0.806. The summed E-state index contributed by atoms with van der Waals surface area (Å²) in [6.07, 6.45) is 17.3. The Morgan fingerprint density at radius 1 is 0.623 bits per heavy atom. The largest absolute Gasteiger partial charge is 0.324 e. The van der Waals surface area contributed by atoms with Gasteiger partial charge in [-0.3, -0.25) is 0 Å². The highest BCUT2D eigenvalue weighted by Crippen LogP contribution is 2.48. The van der Waals surface area contributed by atoms with Crippen LogP contribution in [0.1, 0.15) is 241 Å². The molecule has 8 rings (SSSR count). The van der Waals surface area contributed by atoms with Crippen molar-refractivity contribution < 1.29 is 22.0 Å². The standard InChI is InChI=1S/C14H28N.C14H22N.C13H23N2.C12H26N.C9H16NS/c1-12(2)14-7-5-9-15(11-14,13(3)4)10-6-8-14;1-11(2)15(12(3)4)9-13-7-5-6-8-14(13)10-15;1-10(2)12-9-15(11(3)4)13-7-5-6-8-14(12)13;1-10(2)12-6-8-13(5,9-7-12)11(3)4;1-7(2)9-5-6-10(11-9)8(3)4/h12-13H,5-11H2,1-4H3;5-8,11-12H,9-10H2,1-4H3;9-11H,5-8H2,1-4H3;10-12H,6-9H2,1-5H3;5-8H,1-4H3/q5*+1. The number of hydrogen-bond acceptors (Lipinski definition) is 1. The van der Waals surface area contributed by atoms with Crippen molar-refractivity contribution in [1.82, 2.24) is 4.57 Å². The molecule has 0 atom stereocenters. The minimum Gasteiger partial charge on any atom is -0.324 e. The highest BCUT2D eigenvalue weighted by Gasteiger charge is 2.50. The van der Waals surface area contributed by atoms with Crippen LogP contribution >= 0.6 is 11.5 Å². The molecule has 3 saturated heterocycles. The summed E-state index contributed by atoms with van der Waals surface area (Å²) in [5.74, 6) is 5.61. The fourth-order valence-electron chi connectivity index (χ4n) is 12.8. The zero-order valence-electron chi connectivity index (χ0n) is 49.5. The first kappa shape index (κ1) is 59.5. The van der Waals surface area contributed by atoms with E-state index in [2.05, 4.69) is 201 Å². The van der Waals surface area contributed by atoms with Crippen LogP contribution in [-0.2, 0) is 26.1 Å². The number of aromatic nitrogens is 3. The van der Waals surface area contributed by atoms with E-state index in [9.17, 15) is 0 Å². The van der Waals surface area contributed by atoms with E-state index in [4.69, 9.17) is 0 Å². The summed E-state index contributed by atoms with van der Waals surface area (Å²) in [4.78, 5) is 1.47. The van der Waals surface area contributed by atoms with Crippen LogP contribution in [-0.4, -0.2) is 82.0 Å². The minimum atomic E-state index is 0.594. The zero-order chi connectivity index (χ0) is 51.6. The van der Waals surface area contributed by atoms with Crippen LogP contribution in [0.4, 0.5) is 0 Å². The number of benzene rings is 1. The summed E-state index contributed by atoms with van der Waals surface area (Å²) in [6.45, 7) is 57.5. The van der Waals surface area contributed by atoms with E-state index in [0.717, 1.165) is 29.8 Å². The molecule has 7 heterocycles. The highest BCUT2D eigenvalue weighted by molar-refractivity contribution is 7.01. The summed E-state index contributed by atoms with van der Waals surface area (Å²) in [5.41, 5.74) is 5.32. The first-order valence-corrected chi connectivity index (χ1v) is 29.8. The van der Waals surface area contributed by atoms with Gasteiger partial charge in [0.15, 0.2) is 12.2 Å². The van der Waals surface area contributed by atoms with Gasteiger partial charge in [-0.05, 0) is 158 Å². The average Bonchev–Trinajstić information content (AvgIpc) is 4.05. The second-order valence-electron chi connectivity index (χ2n) is 26.3. The lowest BCUT2D eigenvalue weighted by molar-refractivity contribution is -0.985. The van der Waals surface area contributed by atoms with Crippen molar-refractivity contribution in [2.75, 3.05) is 39.8 Å². The quantitative estimate of drug-likeness (QED) is 0.142. The number of nitrogens with zero attached hydrogens (tertiary/aromatic N) is 6. The SMILES string of the molecule is CC(C)C12CCC[N+](C(C)C)(CCC1)C2.CC(C)C1CC[N+](C)(C(C)C)CC1.CC(C)[N+]1(C(C)C)Cc2ccccc2C1.CC(C)c1c[n+](C(C)C)c2n1CCCC2.CC(C)c1cc[n+](C(C)C)s1. The van der Waals surface area contributed by atoms with Gasteiger partial charge in [0, 0.05) is 34.9 Å². The van der Waals surface area contributed by atoms with Gasteiger partial charge in [0.1, 0.15) is 36.5 Å². The first-order valence-electron chi connectivity index (χ1n) is 29.0. The van der Waals surface area contributed by atoms with Crippen LogP contribution in [0.15, 0.2) is 42.7 Å². The molecule has 3 fully saturated rings. The van der Waals surface area contributed by atoms with Crippen molar-refractivity contribution in [2.45, 2.75) is 264 Å². The number of fused-ring (bicyclic) bond motifs is 4. The lowest BCUT2D eigenvalue weighted by Crippen LogP contribution is -2.65. The Balaban J connectivity index is 0.000000189. The third-order valence-corrected chi connectivity index (χ3v) is 20.4. The summed E-state index contributed by atoms with van der Waals surface area (Å²) in [7, 11) is 2.42. The molecule has 1 aromatic carbocycles. The van der Waals surface area contributed by atoms with Gasteiger partial charge < -0.3 is 13.4 Å². The molecule has 0 saturated carbocycles. The van der Waals surface area contributed by atoms with E-state index in [-0.39, 0.29) is 0 Å². The van der Waals surface area contributed by atoms with E-state index in [0.29, 0.717) is 41.4 Å². The lowest BCUT2D eigenvalue weighted by Gasteiger charge is -2.57. The monoisotopic (exact) mass is 976 g/mol. The van der Waals surface area contributed by atoms with Crippen molar-refractivity contribution in [1.29, 1.82) is 0 Å². The maximum absolute atomic E-state index is 2.55. The van der Waals surface area contributed by atoms with Gasteiger partial charge in [-0.25, -0.2) is 9.13 Å². The van der Waals surface area contributed by atoms with E-state index < -0.39 is 0 Å². The van der Waals surface area contributed by atoms with Crippen LogP contribution in [0.5, 0.6) is 0 Å². The Bertz CT molecular complexity index is 1830. The molecule has 69 heavy (non-hydrogen) atoms. The van der Waals surface area contributed by atoms with Crippen molar-refractivity contribution in [3.63, 3.8) is 0 Å². The van der Waals surface area contributed by atoms with Crippen LogP contribution in [0.3, 0.4) is 0 Å². The summed E-state index contributed by atoms with van der Waals surface area (Å²) in [6, 6.07) is 15.4. The third kappa shape index (κ3) is 14.8. The molecule has 394 valence electrons. The summed E-state index contributed by atoms with van der Waals surface area (Å²) >= 11 is 1.87. The van der Waals surface area contributed by atoms with Gasteiger partial charge in [-0.15, -0.1) is 3.96 Å². The van der Waals surface area contributed by atoms with E-state index in [1.807, 2.05) is 11.5 Å². The van der Waals surface area contributed by atoms with E-state index >= 15 is 0 Å². The van der Waals surface area contributed by atoms with Crippen molar-refractivity contribution >= 4 is 11.5 Å². The molecule has 0 spiro atoms. The molecule has 5 aliphatic rings. The molecule has 0 aliphatic carbocycles. The molecule has 0 N–H and O–H groups in total. The zero-order valence-corrected chi connectivity index (χ0v) is 50.3. The molecule has 3 aromatic rings. The lowest BCUT2D eigenvalue weighted by atomic mass is 9.65. The first-order chi connectivity index (χ1) is 32.2. The average molecular weight is 977 g/mol. The molecule has 0 radical (unpaired) electrons. The van der Waals surface area contributed by atoms with Crippen LogP contribution in [0.2, 0.25) is 0 Å². The number of hydrogen-bond donors (Lipinski definition) is 0. The van der Waals surface area contributed by atoms with Crippen molar-refractivity contribution in [2.24, 2.45) is 23.2 Å². The maximum Gasteiger partial charge on any atom is 0.256 e. The van der Waals surface area contributed by atoms with E-state index in [1.165, 1.54) is 134 Å². The van der Waals surface area contributed by atoms with Crippen LogP contribution < -0.4 is 8.52 Å². The molecule has 6 nitrogen and oxygen atoms in total. The fourth-order valence-corrected chi connectivity index (χ4v) is 13.7. The number of piperidine rings is 3. The Morgan fingerprint density at radius 2 is 1.17 bits per heavy atom. The van der Waals surface area contributed by atoms with Gasteiger partial charge >= 0.3 is 0 Å². The second-order valence-corrected chi connectivity index (χ2v) is 27.3. The predicted octanol–water partition coefficient (Wildman–Crippen LogP) is 15.2. The van der Waals surface area contributed by atoms with Gasteiger partial charge in [0.25, 0.3) is 5.82 Å². The Kier molecular flexibility index (Phi) is 22.2. The Labute approximate surface area is 433 Å². The van der Waals surface area contributed by atoms with Gasteiger partial charge in [0.2, 0.25) is 0 Å². The van der Waals surface area contributed by atoms with Crippen LogP contribution in [0, 0.1) is 23.2 Å². The van der Waals surface area contributed by atoms with Gasteiger partial charge in [0.05, 0.1) is 81.4 Å². The number of likely N-dealkylation sites (tertiary alicyclic amines) is 1. The molecular formula is C62H115N6S+5. The Hall–Kier alpha value is -2.06. The maximum atomic E-state index is 2.55. The molecule has 2 bridgehead atoms. The Morgan fingerprint density at radius 3 is 1.57 bits per heavy atom. The summed E-state index contributed by atoms with van der Waals surface area (Å²) in [5, 5.41) is 0. The van der Waals surface area contributed by atoms with Gasteiger partial charge in [-0.1, -0.05) is 79.7 Å². The molecule has 7 heteroatoms. The molecule has 2 aromatic heterocycles. The normalized spacial score (nSPS) is 25.1. The van der Waals surface area contributed by atoms with Crippen molar-refractivity contribution in [3.8, 4) is 0 Å². The predicted molar refractivity (Wildman–Crippen MR) is 300 cm³/mol. The summed E-state index contributed by atoms with van der Waals surface area (Å²) < 4.78 is 11.2. The smallest absolute Gasteiger partial charge is 0.256 e. The van der Waals surface area contributed by atoms with E-state index in [1.54, 1.807) is 17.0 Å². The highest BCUT2D eigenvalue weighted by atomic mass is 32.1. The van der Waals surface area contributed by atoms with Gasteiger partial charge in [-0.2, -0.15) is 0 Å². The second kappa shape index (κ2) is 25.7.